The van der Waals surface area contributed by atoms with Gasteiger partial charge in [-0.3, -0.25) is 5.32 Å². The lowest BCUT2D eigenvalue weighted by molar-refractivity contribution is 0.0187. The van der Waals surface area contributed by atoms with Crippen LogP contribution in [0, 0.1) is 0 Å². The predicted molar refractivity (Wildman–Crippen MR) is 78.6 cm³/mol. The topological polar surface area (TPSA) is 21.3 Å². The van der Waals surface area contributed by atoms with Gasteiger partial charge in [0.2, 0.25) is 0 Å². The first-order valence-electron chi connectivity index (χ1n) is 7.31. The molecule has 1 rings (SSSR count). The molecule has 0 radical (unpaired) electrons. The zero-order chi connectivity index (χ0) is 13.2. The fraction of sp³-hybridized carbons (Fsp3) is 0.750. The molecule has 1 N–H and O–H groups in total. The second kappa shape index (κ2) is 9.35. The van der Waals surface area contributed by atoms with E-state index in [1.165, 1.54) is 43.3 Å². The first-order valence-corrected chi connectivity index (χ1v) is 7.31. The summed E-state index contributed by atoms with van der Waals surface area (Å²) >= 11 is 0. The quantitative estimate of drug-likeness (QED) is 0.397. The van der Waals surface area contributed by atoms with Crippen molar-refractivity contribution in [1.29, 1.82) is 0 Å². The highest BCUT2D eigenvalue weighted by atomic mass is 16.5. The van der Waals surface area contributed by atoms with Crippen LogP contribution in [0.2, 0.25) is 0 Å². The van der Waals surface area contributed by atoms with Crippen LogP contribution >= 0.6 is 0 Å². The van der Waals surface area contributed by atoms with Crippen LogP contribution in [0.4, 0.5) is 0 Å². The van der Waals surface area contributed by atoms with Crippen LogP contribution in [0.15, 0.2) is 23.8 Å². The Morgan fingerprint density at radius 1 is 1.28 bits per heavy atom. The van der Waals surface area contributed by atoms with Crippen LogP contribution in [0.1, 0.15) is 58.8 Å². The van der Waals surface area contributed by atoms with Crippen LogP contribution in [0.5, 0.6) is 0 Å². The molecule has 0 aromatic rings. The summed E-state index contributed by atoms with van der Waals surface area (Å²) in [6.45, 7) is 9.79. The molecule has 104 valence electrons. The maximum Gasteiger partial charge on any atom is 0.0971 e. The smallest absolute Gasteiger partial charge is 0.0971 e. The first kappa shape index (κ1) is 15.5. The van der Waals surface area contributed by atoms with Gasteiger partial charge in [-0.15, -0.1) is 6.58 Å². The van der Waals surface area contributed by atoms with Gasteiger partial charge in [0.25, 0.3) is 0 Å². The van der Waals surface area contributed by atoms with E-state index in [0.29, 0.717) is 12.8 Å². The van der Waals surface area contributed by atoms with E-state index in [2.05, 4.69) is 31.8 Å². The van der Waals surface area contributed by atoms with Crippen molar-refractivity contribution in [3.63, 3.8) is 0 Å². The Hall–Kier alpha value is -0.600. The summed E-state index contributed by atoms with van der Waals surface area (Å²) in [7, 11) is 0. The minimum absolute atomic E-state index is 0.499. The minimum Gasteiger partial charge on any atom is -0.363 e. The molecule has 1 aliphatic rings. The van der Waals surface area contributed by atoms with Crippen LogP contribution in [0.25, 0.3) is 0 Å². The highest BCUT2D eigenvalue weighted by Crippen LogP contribution is 2.19. The van der Waals surface area contributed by atoms with E-state index in [0.717, 1.165) is 19.4 Å². The SMILES string of the molecule is C=C(C)CC/C=C(\C)CNCOC1CCCCC1. The zero-order valence-corrected chi connectivity index (χ0v) is 12.1. The lowest BCUT2D eigenvalue weighted by Crippen LogP contribution is -2.26. The molecule has 2 nitrogen and oxygen atoms in total. The third kappa shape index (κ3) is 7.67. The minimum atomic E-state index is 0.499. The van der Waals surface area contributed by atoms with Gasteiger partial charge >= 0.3 is 0 Å². The number of rotatable bonds is 8. The van der Waals surface area contributed by atoms with Crippen molar-refractivity contribution in [2.75, 3.05) is 13.3 Å². The number of allylic oxidation sites excluding steroid dienone is 2. The van der Waals surface area contributed by atoms with Crippen molar-refractivity contribution in [2.45, 2.75) is 64.9 Å². The molecule has 1 fully saturated rings. The summed E-state index contributed by atoms with van der Waals surface area (Å²) < 4.78 is 5.82. The van der Waals surface area contributed by atoms with Gasteiger partial charge in [0, 0.05) is 6.54 Å². The molecule has 1 aliphatic carbocycles. The van der Waals surface area contributed by atoms with E-state index in [-0.39, 0.29) is 0 Å². The summed E-state index contributed by atoms with van der Waals surface area (Å²) in [5.74, 6) is 0. The normalized spacial score (nSPS) is 18.0. The van der Waals surface area contributed by atoms with Gasteiger partial charge in [-0.25, -0.2) is 0 Å². The third-order valence-corrected chi connectivity index (χ3v) is 3.44. The maximum atomic E-state index is 5.82. The summed E-state index contributed by atoms with van der Waals surface area (Å²) in [6, 6.07) is 0. The standard InChI is InChI=1S/C16H29NO/c1-14(2)8-7-9-15(3)12-17-13-18-16-10-5-4-6-11-16/h9,16-17H,1,4-8,10-13H2,2-3H3/b15-9+. The molecular formula is C16H29NO. The Labute approximate surface area is 112 Å². The van der Waals surface area contributed by atoms with Crippen LogP contribution < -0.4 is 5.32 Å². The molecule has 0 heterocycles. The molecular weight excluding hydrogens is 222 g/mol. The van der Waals surface area contributed by atoms with Crippen molar-refractivity contribution < 1.29 is 4.74 Å². The first-order chi connectivity index (χ1) is 8.68. The van der Waals surface area contributed by atoms with Gasteiger partial charge in [0.1, 0.15) is 0 Å². The van der Waals surface area contributed by atoms with Crippen LogP contribution in [-0.2, 0) is 4.74 Å². The third-order valence-electron chi connectivity index (χ3n) is 3.44. The van der Waals surface area contributed by atoms with Crippen molar-refractivity contribution in [3.05, 3.63) is 23.8 Å². The fourth-order valence-electron chi connectivity index (χ4n) is 2.29. The van der Waals surface area contributed by atoms with E-state index in [4.69, 9.17) is 4.74 Å². The largest absolute Gasteiger partial charge is 0.363 e. The Kier molecular flexibility index (Phi) is 8.03. The monoisotopic (exact) mass is 251 g/mol. The van der Waals surface area contributed by atoms with Gasteiger partial charge in [0.05, 0.1) is 12.8 Å². The van der Waals surface area contributed by atoms with Gasteiger partial charge in [-0.05, 0) is 39.5 Å². The number of ether oxygens (including phenoxy) is 1. The molecule has 0 unspecified atom stereocenters. The van der Waals surface area contributed by atoms with Crippen molar-refractivity contribution in [3.8, 4) is 0 Å². The highest BCUT2D eigenvalue weighted by molar-refractivity contribution is 5.02. The molecule has 0 aromatic heterocycles. The Bertz CT molecular complexity index is 264. The van der Waals surface area contributed by atoms with Gasteiger partial charge in [-0.2, -0.15) is 0 Å². The Morgan fingerprint density at radius 2 is 2.00 bits per heavy atom. The van der Waals surface area contributed by atoms with E-state index in [1.54, 1.807) is 0 Å². The van der Waals surface area contributed by atoms with Crippen molar-refractivity contribution in [1.82, 2.24) is 5.32 Å². The average molecular weight is 251 g/mol. The molecule has 0 aliphatic heterocycles. The second-order valence-corrected chi connectivity index (χ2v) is 5.54. The lowest BCUT2D eigenvalue weighted by atomic mass is 9.98. The molecule has 0 atom stereocenters. The lowest BCUT2D eigenvalue weighted by Gasteiger charge is -2.22. The molecule has 0 bridgehead atoms. The van der Waals surface area contributed by atoms with Gasteiger partial charge in [0.15, 0.2) is 0 Å². The molecule has 0 aromatic carbocycles. The highest BCUT2D eigenvalue weighted by Gasteiger charge is 2.12. The van der Waals surface area contributed by atoms with Crippen LogP contribution in [0.3, 0.4) is 0 Å². The van der Waals surface area contributed by atoms with E-state index in [9.17, 15) is 0 Å². The fourth-order valence-corrected chi connectivity index (χ4v) is 2.29. The molecule has 2 heteroatoms. The van der Waals surface area contributed by atoms with Gasteiger partial charge in [-0.1, -0.05) is 36.5 Å². The van der Waals surface area contributed by atoms with Crippen molar-refractivity contribution in [2.24, 2.45) is 0 Å². The maximum absolute atomic E-state index is 5.82. The average Bonchev–Trinajstić information content (AvgIpc) is 2.35. The molecule has 0 saturated heterocycles. The second-order valence-electron chi connectivity index (χ2n) is 5.54. The summed E-state index contributed by atoms with van der Waals surface area (Å²) in [5, 5.41) is 3.36. The predicted octanol–water partition coefficient (Wildman–Crippen LogP) is 4.19. The number of nitrogens with one attached hydrogen (secondary N) is 1. The molecule has 0 amide bonds. The molecule has 0 spiro atoms. The molecule has 18 heavy (non-hydrogen) atoms. The summed E-state index contributed by atoms with van der Waals surface area (Å²) in [6.07, 6.45) is 11.5. The number of hydrogen-bond donors (Lipinski definition) is 1. The van der Waals surface area contributed by atoms with E-state index >= 15 is 0 Å². The zero-order valence-electron chi connectivity index (χ0n) is 12.1. The van der Waals surface area contributed by atoms with E-state index in [1.807, 2.05) is 0 Å². The number of hydrogen-bond acceptors (Lipinski definition) is 2. The Morgan fingerprint density at radius 3 is 2.67 bits per heavy atom. The van der Waals surface area contributed by atoms with Crippen molar-refractivity contribution >= 4 is 0 Å². The van der Waals surface area contributed by atoms with E-state index < -0.39 is 0 Å². The summed E-state index contributed by atoms with van der Waals surface area (Å²) in [5.41, 5.74) is 2.65. The molecule has 1 saturated carbocycles. The van der Waals surface area contributed by atoms with Crippen LogP contribution in [-0.4, -0.2) is 19.4 Å². The summed E-state index contributed by atoms with van der Waals surface area (Å²) in [4.78, 5) is 0. The Balaban J connectivity index is 2.00. The van der Waals surface area contributed by atoms with Gasteiger partial charge < -0.3 is 4.74 Å².